The highest BCUT2D eigenvalue weighted by atomic mass is 35.5. The Morgan fingerprint density at radius 1 is 1.08 bits per heavy atom. The van der Waals surface area contributed by atoms with Gasteiger partial charge >= 0.3 is 12.0 Å². The number of fused-ring (bicyclic) bond motifs is 3. The van der Waals surface area contributed by atoms with Gasteiger partial charge in [0.05, 0.1) is 26.5 Å². The Morgan fingerprint density at radius 3 is 2.70 bits per heavy atom. The zero-order chi connectivity index (χ0) is 25.9. The number of nitrogens with one attached hydrogen (secondary N) is 2. The number of rotatable bonds is 6. The molecule has 3 heterocycles. The molecule has 1 aliphatic heterocycles. The van der Waals surface area contributed by atoms with Gasteiger partial charge in [0.15, 0.2) is 11.6 Å². The minimum atomic E-state index is -0.469. The first-order valence-electron chi connectivity index (χ1n) is 11.1. The summed E-state index contributed by atoms with van der Waals surface area (Å²) in [6.07, 6.45) is 0. The van der Waals surface area contributed by atoms with Crippen LogP contribution in [0.5, 0.6) is 5.75 Å². The van der Waals surface area contributed by atoms with Crippen molar-refractivity contribution in [3.05, 3.63) is 87.3 Å². The van der Waals surface area contributed by atoms with Gasteiger partial charge in [-0.3, -0.25) is 9.56 Å². The number of aromatic nitrogens is 3. The molecule has 2 aromatic heterocycles. The molecule has 0 saturated carbocycles. The fourth-order valence-corrected chi connectivity index (χ4v) is 5.22. The smallest absolute Gasteiger partial charge is 0.348 e. The van der Waals surface area contributed by atoms with Crippen LogP contribution in [-0.2, 0) is 17.8 Å². The van der Waals surface area contributed by atoms with Crippen molar-refractivity contribution in [1.29, 1.82) is 0 Å². The van der Waals surface area contributed by atoms with Gasteiger partial charge in [-0.05, 0) is 24.3 Å². The molecule has 4 aromatic rings. The minimum absolute atomic E-state index is 0.0785. The van der Waals surface area contributed by atoms with Crippen molar-refractivity contribution in [2.24, 2.45) is 4.99 Å². The van der Waals surface area contributed by atoms with Crippen molar-refractivity contribution in [2.75, 3.05) is 19.5 Å². The number of anilines is 1. The van der Waals surface area contributed by atoms with E-state index in [1.54, 1.807) is 43.5 Å². The van der Waals surface area contributed by atoms with Gasteiger partial charge in [-0.15, -0.1) is 21.5 Å². The van der Waals surface area contributed by atoms with Gasteiger partial charge < -0.3 is 20.1 Å². The number of thiophene rings is 1. The summed E-state index contributed by atoms with van der Waals surface area (Å²) in [5.74, 6) is 1.20. The summed E-state index contributed by atoms with van der Waals surface area (Å²) in [6, 6.07) is 15.7. The lowest BCUT2D eigenvalue weighted by Crippen LogP contribution is -2.29. The number of hydrogen-bond acceptors (Lipinski definition) is 8. The van der Waals surface area contributed by atoms with Gasteiger partial charge in [0, 0.05) is 27.9 Å². The van der Waals surface area contributed by atoms with Gasteiger partial charge in [-0.1, -0.05) is 35.9 Å². The summed E-state index contributed by atoms with van der Waals surface area (Å²) in [5, 5.41) is 15.4. The van der Waals surface area contributed by atoms with E-state index >= 15 is 0 Å². The van der Waals surface area contributed by atoms with E-state index in [2.05, 4.69) is 20.8 Å². The third kappa shape index (κ3) is 4.91. The summed E-state index contributed by atoms with van der Waals surface area (Å²) >= 11 is 7.72. The van der Waals surface area contributed by atoms with Crippen LogP contribution in [0.4, 0.5) is 10.5 Å². The lowest BCUT2D eigenvalue weighted by molar-refractivity contribution is 0.0606. The molecule has 2 N–H and O–H groups in total. The van der Waals surface area contributed by atoms with E-state index in [1.165, 1.54) is 18.4 Å². The average Bonchev–Trinajstić information content (AvgIpc) is 3.49. The van der Waals surface area contributed by atoms with Crippen LogP contribution in [0.15, 0.2) is 59.6 Å². The van der Waals surface area contributed by atoms with Crippen molar-refractivity contribution in [2.45, 2.75) is 13.1 Å². The topological polar surface area (TPSA) is 120 Å². The first-order chi connectivity index (χ1) is 18.0. The monoisotopic (exact) mass is 536 g/mol. The van der Waals surface area contributed by atoms with Gasteiger partial charge in [0.25, 0.3) is 0 Å². The molecule has 0 spiro atoms. The number of ether oxygens (including phenoxy) is 2. The summed E-state index contributed by atoms with van der Waals surface area (Å²) in [5.41, 5.74) is 2.64. The number of benzene rings is 2. The Balaban J connectivity index is 1.46. The molecule has 2 amide bonds. The number of carbonyl (C=O) groups excluding carboxylic acids is 2. The Morgan fingerprint density at radius 2 is 1.92 bits per heavy atom. The molecule has 10 nitrogen and oxygen atoms in total. The van der Waals surface area contributed by atoms with Crippen molar-refractivity contribution in [3.8, 4) is 10.8 Å². The molecule has 0 saturated heterocycles. The molecule has 0 fully saturated rings. The fourth-order valence-electron chi connectivity index (χ4n) is 3.88. The SMILES string of the molecule is COC(=O)c1cc2c(s1)-n1c(nnc1CNC(=O)Nc1cccc(OC)c1)CN=C2c1ccccc1Cl. The summed E-state index contributed by atoms with van der Waals surface area (Å²) in [7, 11) is 2.89. The van der Waals surface area contributed by atoms with Crippen LogP contribution < -0.4 is 15.4 Å². The first-order valence-corrected chi connectivity index (χ1v) is 12.3. The van der Waals surface area contributed by atoms with Gasteiger partial charge in [-0.2, -0.15) is 0 Å². The van der Waals surface area contributed by atoms with Crippen LogP contribution in [0.1, 0.15) is 32.4 Å². The van der Waals surface area contributed by atoms with Crippen LogP contribution in [0.25, 0.3) is 5.00 Å². The molecule has 0 radical (unpaired) electrons. The predicted molar refractivity (Wildman–Crippen MR) is 140 cm³/mol. The second-order valence-electron chi connectivity index (χ2n) is 7.87. The zero-order valence-electron chi connectivity index (χ0n) is 19.8. The molecule has 37 heavy (non-hydrogen) atoms. The van der Waals surface area contributed by atoms with Crippen molar-refractivity contribution >= 4 is 46.3 Å². The molecule has 2 aromatic carbocycles. The molecular weight excluding hydrogens is 516 g/mol. The van der Waals surface area contributed by atoms with Crippen LogP contribution in [0.3, 0.4) is 0 Å². The number of hydrogen-bond donors (Lipinski definition) is 2. The van der Waals surface area contributed by atoms with E-state index in [1.807, 2.05) is 22.8 Å². The van der Waals surface area contributed by atoms with E-state index in [9.17, 15) is 9.59 Å². The molecule has 0 unspecified atom stereocenters. The highest BCUT2D eigenvalue weighted by Crippen LogP contribution is 2.34. The Bertz CT molecular complexity index is 1530. The Hall–Kier alpha value is -4.22. The van der Waals surface area contributed by atoms with Crippen molar-refractivity contribution in [1.82, 2.24) is 20.1 Å². The van der Waals surface area contributed by atoms with E-state index in [-0.39, 0.29) is 13.1 Å². The maximum absolute atomic E-state index is 12.6. The quantitative estimate of drug-likeness (QED) is 0.351. The van der Waals surface area contributed by atoms with Gasteiger partial charge in [0.1, 0.15) is 22.2 Å². The van der Waals surface area contributed by atoms with Crippen LogP contribution in [-0.4, -0.2) is 46.7 Å². The van der Waals surface area contributed by atoms with Crippen molar-refractivity contribution < 1.29 is 19.1 Å². The number of aliphatic imine (C=N–C) groups is 1. The molecule has 0 bridgehead atoms. The number of carbonyl (C=O) groups is 2. The third-order valence-corrected chi connectivity index (χ3v) is 7.03. The zero-order valence-corrected chi connectivity index (χ0v) is 21.4. The molecule has 0 atom stereocenters. The van der Waals surface area contributed by atoms with Crippen LogP contribution >= 0.6 is 22.9 Å². The maximum atomic E-state index is 12.6. The Labute approximate surface area is 220 Å². The summed E-state index contributed by atoms with van der Waals surface area (Å²) in [4.78, 5) is 30.1. The number of urea groups is 1. The second-order valence-corrected chi connectivity index (χ2v) is 9.31. The normalized spacial score (nSPS) is 12.0. The van der Waals surface area contributed by atoms with E-state index < -0.39 is 12.0 Å². The standard InChI is InChI=1S/C25H21ClN6O4S/c1-35-15-7-5-6-14(10-15)29-25(34)28-13-21-31-30-20-12-27-22(16-8-3-4-9-18(16)26)17-11-19(24(33)36-2)37-23(17)32(20)21/h3-11H,12-13H2,1-2H3,(H2,28,29,34). The number of methoxy groups -OCH3 is 2. The van der Waals surface area contributed by atoms with E-state index in [0.717, 1.165) is 5.56 Å². The molecule has 0 aliphatic carbocycles. The molecule has 188 valence electrons. The number of halogens is 1. The third-order valence-electron chi connectivity index (χ3n) is 5.60. The largest absolute Gasteiger partial charge is 0.497 e. The highest BCUT2D eigenvalue weighted by Gasteiger charge is 2.28. The van der Waals surface area contributed by atoms with Crippen molar-refractivity contribution in [3.63, 3.8) is 0 Å². The minimum Gasteiger partial charge on any atom is -0.497 e. The second kappa shape index (κ2) is 10.4. The predicted octanol–water partition coefficient (Wildman–Crippen LogP) is 4.45. The van der Waals surface area contributed by atoms with Gasteiger partial charge in [-0.25, -0.2) is 9.59 Å². The highest BCUT2D eigenvalue weighted by molar-refractivity contribution is 7.16. The van der Waals surface area contributed by atoms with E-state index in [4.69, 9.17) is 26.1 Å². The molecule has 12 heteroatoms. The fraction of sp³-hybridized carbons (Fsp3) is 0.160. The summed E-state index contributed by atoms with van der Waals surface area (Å²) < 4.78 is 12.0. The lowest BCUT2D eigenvalue weighted by Gasteiger charge is -2.11. The lowest BCUT2D eigenvalue weighted by atomic mass is 10.0. The first kappa shape index (κ1) is 24.5. The van der Waals surface area contributed by atoms with E-state index in [0.29, 0.717) is 49.3 Å². The number of esters is 1. The molecule has 5 rings (SSSR count). The maximum Gasteiger partial charge on any atom is 0.348 e. The summed E-state index contributed by atoms with van der Waals surface area (Å²) in [6.45, 7) is 0.313. The average molecular weight is 537 g/mol. The van der Waals surface area contributed by atoms with Gasteiger partial charge in [0.2, 0.25) is 0 Å². The van der Waals surface area contributed by atoms with Crippen LogP contribution in [0.2, 0.25) is 5.02 Å². The molecular formula is C25H21ClN6O4S. The number of nitrogens with zero attached hydrogens (tertiary/aromatic N) is 4. The molecule has 1 aliphatic rings. The Kier molecular flexibility index (Phi) is 6.89. The number of amides is 2. The van der Waals surface area contributed by atoms with Crippen LogP contribution in [0, 0.1) is 0 Å².